The standard InChI is InChI=1S/C32H51N5O8/c1-9-20(4)26(30(42)34-21(5)27(33)39)37-28(40)23(15-16-25(38)44-18-22-13-11-10-12-14-22)35-29(41)24(17-19(2)3)36-31(43)45-32(6,7)8/h10-14,19-21,23-24,26H,9,15-18H2,1-8H3,(H2,33,39)(H,34,42)(H,35,41)(H,36,43)(H,37,40)/t20-,21+,23-,24+,26-/m0/s1. The number of alkyl carbamates (subject to hydrolysis) is 1. The van der Waals surface area contributed by atoms with E-state index < -0.39 is 65.5 Å². The molecule has 6 N–H and O–H groups in total. The molecule has 13 heteroatoms. The summed E-state index contributed by atoms with van der Waals surface area (Å²) < 4.78 is 10.7. The minimum absolute atomic E-state index is 0.0124. The number of hydrogen-bond donors (Lipinski definition) is 5. The number of amides is 5. The Morgan fingerprint density at radius 1 is 0.822 bits per heavy atom. The van der Waals surface area contributed by atoms with Crippen molar-refractivity contribution in [3.8, 4) is 0 Å². The third-order valence-corrected chi connectivity index (χ3v) is 6.81. The summed E-state index contributed by atoms with van der Waals surface area (Å²) in [6, 6.07) is 4.69. The van der Waals surface area contributed by atoms with E-state index in [0.29, 0.717) is 6.42 Å². The molecule has 1 rings (SSSR count). The lowest BCUT2D eigenvalue weighted by atomic mass is 9.97. The highest BCUT2D eigenvalue weighted by Gasteiger charge is 2.33. The van der Waals surface area contributed by atoms with Gasteiger partial charge in [0.2, 0.25) is 23.6 Å². The van der Waals surface area contributed by atoms with Gasteiger partial charge in [0.05, 0.1) is 0 Å². The van der Waals surface area contributed by atoms with Crippen molar-refractivity contribution in [2.24, 2.45) is 17.6 Å². The second-order valence-corrected chi connectivity index (χ2v) is 12.6. The molecule has 0 saturated carbocycles. The lowest BCUT2D eigenvalue weighted by molar-refractivity contribution is -0.145. The highest BCUT2D eigenvalue weighted by molar-refractivity contribution is 5.95. The van der Waals surface area contributed by atoms with E-state index in [1.54, 1.807) is 39.8 Å². The van der Waals surface area contributed by atoms with Crippen LogP contribution in [0.1, 0.15) is 86.6 Å². The Balaban J connectivity index is 3.20. The van der Waals surface area contributed by atoms with Gasteiger partial charge in [-0.1, -0.05) is 64.4 Å². The van der Waals surface area contributed by atoms with Crippen molar-refractivity contribution in [2.75, 3.05) is 0 Å². The van der Waals surface area contributed by atoms with Crippen LogP contribution in [-0.2, 0) is 40.1 Å². The second kappa shape index (κ2) is 18.6. The summed E-state index contributed by atoms with van der Waals surface area (Å²) in [5.41, 5.74) is 5.27. The number of carbonyl (C=O) groups excluding carboxylic acids is 6. The van der Waals surface area contributed by atoms with Crippen LogP contribution in [0.15, 0.2) is 30.3 Å². The first-order valence-corrected chi connectivity index (χ1v) is 15.3. The molecule has 0 bridgehead atoms. The highest BCUT2D eigenvalue weighted by atomic mass is 16.6. The fourth-order valence-electron chi connectivity index (χ4n) is 4.10. The van der Waals surface area contributed by atoms with Gasteiger partial charge in [-0.15, -0.1) is 0 Å². The van der Waals surface area contributed by atoms with Crippen molar-refractivity contribution >= 4 is 35.7 Å². The van der Waals surface area contributed by atoms with Crippen molar-refractivity contribution in [1.29, 1.82) is 0 Å². The normalized spacial score (nSPS) is 14.6. The summed E-state index contributed by atoms with van der Waals surface area (Å²) in [7, 11) is 0. The van der Waals surface area contributed by atoms with Crippen LogP contribution in [0.4, 0.5) is 4.79 Å². The van der Waals surface area contributed by atoms with Crippen molar-refractivity contribution < 1.29 is 38.2 Å². The number of ether oxygens (including phenoxy) is 2. The van der Waals surface area contributed by atoms with Gasteiger partial charge in [0.15, 0.2) is 0 Å². The number of rotatable bonds is 17. The summed E-state index contributed by atoms with van der Waals surface area (Å²) in [5, 5.41) is 10.4. The molecule has 5 atom stereocenters. The maximum Gasteiger partial charge on any atom is 0.408 e. The molecule has 1 aromatic rings. The zero-order valence-electron chi connectivity index (χ0n) is 27.7. The number of primary amides is 1. The third-order valence-electron chi connectivity index (χ3n) is 6.81. The molecule has 252 valence electrons. The van der Waals surface area contributed by atoms with Crippen LogP contribution in [0.3, 0.4) is 0 Å². The minimum atomic E-state index is -1.27. The van der Waals surface area contributed by atoms with Gasteiger partial charge in [-0.2, -0.15) is 0 Å². The molecule has 0 aliphatic rings. The van der Waals surface area contributed by atoms with E-state index in [1.807, 2.05) is 39.0 Å². The van der Waals surface area contributed by atoms with Gasteiger partial charge in [0.25, 0.3) is 0 Å². The Hall–Kier alpha value is -4.16. The van der Waals surface area contributed by atoms with Crippen LogP contribution >= 0.6 is 0 Å². The Morgan fingerprint density at radius 2 is 1.42 bits per heavy atom. The van der Waals surface area contributed by atoms with E-state index >= 15 is 0 Å². The molecule has 13 nitrogen and oxygen atoms in total. The molecule has 0 fully saturated rings. The molecule has 0 radical (unpaired) electrons. The first kappa shape index (κ1) is 38.9. The van der Waals surface area contributed by atoms with Gasteiger partial charge >= 0.3 is 12.1 Å². The molecule has 0 aliphatic heterocycles. The molecule has 0 heterocycles. The Labute approximate surface area is 266 Å². The summed E-state index contributed by atoms with van der Waals surface area (Å²) in [6.07, 6.45) is -0.438. The monoisotopic (exact) mass is 633 g/mol. The van der Waals surface area contributed by atoms with Gasteiger partial charge in [0, 0.05) is 6.42 Å². The smallest absolute Gasteiger partial charge is 0.408 e. The number of nitrogens with one attached hydrogen (secondary N) is 4. The van der Waals surface area contributed by atoms with Gasteiger partial charge < -0.3 is 36.5 Å². The average Bonchev–Trinajstić information content (AvgIpc) is 2.94. The summed E-state index contributed by atoms with van der Waals surface area (Å²) in [5.74, 6) is -3.73. The van der Waals surface area contributed by atoms with Crippen LogP contribution in [0.5, 0.6) is 0 Å². The fourth-order valence-corrected chi connectivity index (χ4v) is 4.10. The second-order valence-electron chi connectivity index (χ2n) is 12.6. The van der Waals surface area contributed by atoms with E-state index in [9.17, 15) is 28.8 Å². The summed E-state index contributed by atoms with van der Waals surface area (Å²) in [4.78, 5) is 76.8. The van der Waals surface area contributed by atoms with E-state index in [1.165, 1.54) is 6.92 Å². The topological polar surface area (TPSA) is 195 Å². The van der Waals surface area contributed by atoms with Gasteiger partial charge in [-0.3, -0.25) is 24.0 Å². The van der Waals surface area contributed by atoms with Gasteiger partial charge in [0.1, 0.15) is 36.4 Å². The molecule has 0 aromatic heterocycles. The average molecular weight is 634 g/mol. The molecule has 0 unspecified atom stereocenters. The summed E-state index contributed by atoms with van der Waals surface area (Å²) >= 11 is 0. The lowest BCUT2D eigenvalue weighted by Crippen LogP contribution is -2.59. The molecule has 5 amide bonds. The predicted octanol–water partition coefficient (Wildman–Crippen LogP) is 2.46. The summed E-state index contributed by atoms with van der Waals surface area (Å²) in [6.45, 7) is 13.8. The van der Waals surface area contributed by atoms with E-state index in [4.69, 9.17) is 15.2 Å². The van der Waals surface area contributed by atoms with Gasteiger partial charge in [-0.05, 0) is 57.9 Å². The van der Waals surface area contributed by atoms with Crippen LogP contribution in [0.25, 0.3) is 0 Å². The Kier molecular flexibility index (Phi) is 16.1. The number of carbonyl (C=O) groups is 6. The van der Waals surface area contributed by atoms with E-state index in [-0.39, 0.29) is 37.7 Å². The van der Waals surface area contributed by atoms with Crippen molar-refractivity contribution in [1.82, 2.24) is 21.3 Å². The van der Waals surface area contributed by atoms with Crippen molar-refractivity contribution in [2.45, 2.75) is 117 Å². The van der Waals surface area contributed by atoms with Crippen LogP contribution in [0.2, 0.25) is 0 Å². The fraction of sp³-hybridized carbons (Fsp3) is 0.625. The molecule has 0 spiro atoms. The Morgan fingerprint density at radius 3 is 1.96 bits per heavy atom. The molecule has 0 saturated heterocycles. The van der Waals surface area contributed by atoms with Crippen LogP contribution < -0.4 is 27.0 Å². The van der Waals surface area contributed by atoms with E-state index in [2.05, 4.69) is 21.3 Å². The minimum Gasteiger partial charge on any atom is -0.461 e. The largest absolute Gasteiger partial charge is 0.461 e. The lowest BCUT2D eigenvalue weighted by Gasteiger charge is -2.28. The number of hydrogen-bond acceptors (Lipinski definition) is 8. The van der Waals surface area contributed by atoms with Crippen LogP contribution in [-0.4, -0.2) is 65.5 Å². The SMILES string of the molecule is CC[C@H](C)[C@H](NC(=O)[C@H](CCC(=O)OCc1ccccc1)NC(=O)[C@@H](CC(C)C)NC(=O)OC(C)(C)C)C(=O)N[C@H](C)C(N)=O. The molecular weight excluding hydrogens is 582 g/mol. The molecule has 0 aliphatic carbocycles. The number of nitrogens with two attached hydrogens (primary N) is 1. The number of esters is 1. The van der Waals surface area contributed by atoms with Gasteiger partial charge in [-0.25, -0.2) is 4.79 Å². The zero-order valence-corrected chi connectivity index (χ0v) is 27.7. The maximum absolute atomic E-state index is 13.6. The molecular formula is C32H51N5O8. The number of benzene rings is 1. The third kappa shape index (κ3) is 15.4. The van der Waals surface area contributed by atoms with Crippen LogP contribution in [0, 0.1) is 11.8 Å². The quantitative estimate of drug-likeness (QED) is 0.161. The maximum atomic E-state index is 13.6. The highest BCUT2D eigenvalue weighted by Crippen LogP contribution is 2.13. The first-order valence-electron chi connectivity index (χ1n) is 15.3. The molecule has 1 aromatic carbocycles. The van der Waals surface area contributed by atoms with Crippen molar-refractivity contribution in [3.05, 3.63) is 35.9 Å². The van der Waals surface area contributed by atoms with Crippen molar-refractivity contribution in [3.63, 3.8) is 0 Å². The van der Waals surface area contributed by atoms with E-state index in [0.717, 1.165) is 5.56 Å². The predicted molar refractivity (Wildman–Crippen MR) is 168 cm³/mol. The zero-order chi connectivity index (χ0) is 34.3. The first-order chi connectivity index (χ1) is 20.9. The molecule has 45 heavy (non-hydrogen) atoms. The Bertz CT molecular complexity index is 1150.